The summed E-state index contributed by atoms with van der Waals surface area (Å²) in [6.07, 6.45) is 0. The molecule has 5 heteroatoms. The summed E-state index contributed by atoms with van der Waals surface area (Å²) in [6, 6.07) is 5.10. The van der Waals surface area contributed by atoms with Crippen LogP contribution < -0.4 is 5.73 Å². The average molecular weight is 265 g/mol. The number of piperazine rings is 1. The molecule has 0 radical (unpaired) electrons. The number of carbonyl (C=O) groups excluding carboxylic acids is 1. The van der Waals surface area contributed by atoms with Crippen molar-refractivity contribution in [2.75, 3.05) is 26.2 Å². The number of halogens is 1. The maximum atomic E-state index is 13.4. The third kappa shape index (κ3) is 3.52. The Morgan fingerprint density at radius 3 is 2.58 bits per heavy atom. The summed E-state index contributed by atoms with van der Waals surface area (Å²) < 4.78 is 13.4. The molecule has 0 saturated carbocycles. The molecule has 2 rings (SSSR count). The van der Waals surface area contributed by atoms with Crippen LogP contribution in [0.2, 0.25) is 0 Å². The lowest BCUT2D eigenvalue weighted by Gasteiger charge is -2.34. The van der Waals surface area contributed by atoms with Gasteiger partial charge in [-0.15, -0.1) is 0 Å². The van der Waals surface area contributed by atoms with Gasteiger partial charge in [-0.25, -0.2) is 4.39 Å². The summed E-state index contributed by atoms with van der Waals surface area (Å²) in [6.45, 7) is 5.84. The molecule has 104 valence electrons. The minimum atomic E-state index is -0.243. The maximum absolute atomic E-state index is 13.4. The number of amides is 1. The Balaban J connectivity index is 1.94. The Morgan fingerprint density at radius 2 is 2.00 bits per heavy atom. The maximum Gasteiger partial charge on any atom is 0.219 e. The SMILES string of the molecule is CC(=O)N1CCN(Cc2ccc(F)c(CN)c2)CC1. The van der Waals surface area contributed by atoms with E-state index in [1.807, 2.05) is 11.0 Å². The highest BCUT2D eigenvalue weighted by atomic mass is 19.1. The molecule has 0 atom stereocenters. The largest absolute Gasteiger partial charge is 0.340 e. The van der Waals surface area contributed by atoms with E-state index >= 15 is 0 Å². The van der Waals surface area contributed by atoms with Crippen LogP contribution in [0.15, 0.2) is 18.2 Å². The molecule has 19 heavy (non-hydrogen) atoms. The van der Waals surface area contributed by atoms with Crippen LogP contribution in [0.5, 0.6) is 0 Å². The van der Waals surface area contributed by atoms with Gasteiger partial charge in [-0.3, -0.25) is 9.69 Å². The van der Waals surface area contributed by atoms with Gasteiger partial charge in [0.1, 0.15) is 5.82 Å². The second kappa shape index (κ2) is 6.12. The molecule has 0 unspecified atom stereocenters. The number of benzene rings is 1. The Labute approximate surface area is 113 Å². The van der Waals surface area contributed by atoms with E-state index in [0.717, 1.165) is 38.3 Å². The van der Waals surface area contributed by atoms with Gasteiger partial charge in [-0.05, 0) is 11.6 Å². The minimum absolute atomic E-state index is 0.131. The standard InChI is InChI=1S/C14H20FN3O/c1-11(19)18-6-4-17(5-7-18)10-12-2-3-14(15)13(8-12)9-16/h2-3,8H,4-7,9-10,16H2,1H3. The average Bonchev–Trinajstić information content (AvgIpc) is 2.41. The number of nitrogens with zero attached hydrogens (tertiary/aromatic N) is 2. The molecule has 1 aromatic carbocycles. The molecule has 0 aliphatic carbocycles. The van der Waals surface area contributed by atoms with Gasteiger partial charge >= 0.3 is 0 Å². The number of hydrogen-bond donors (Lipinski definition) is 1. The third-order valence-corrected chi connectivity index (χ3v) is 3.55. The van der Waals surface area contributed by atoms with Crippen LogP contribution in [-0.4, -0.2) is 41.9 Å². The van der Waals surface area contributed by atoms with Crippen LogP contribution in [0.3, 0.4) is 0 Å². The zero-order valence-electron chi connectivity index (χ0n) is 11.2. The molecule has 1 aliphatic rings. The van der Waals surface area contributed by atoms with Gasteiger partial charge in [0.15, 0.2) is 0 Å². The van der Waals surface area contributed by atoms with E-state index in [2.05, 4.69) is 4.90 Å². The first-order chi connectivity index (χ1) is 9.10. The predicted molar refractivity (Wildman–Crippen MR) is 71.8 cm³/mol. The summed E-state index contributed by atoms with van der Waals surface area (Å²) in [5.74, 6) is -0.112. The van der Waals surface area contributed by atoms with E-state index in [1.54, 1.807) is 13.0 Å². The molecule has 1 aromatic rings. The Kier molecular flexibility index (Phi) is 4.50. The molecule has 1 aliphatic heterocycles. The van der Waals surface area contributed by atoms with Crippen molar-refractivity contribution in [1.29, 1.82) is 0 Å². The van der Waals surface area contributed by atoms with Crippen molar-refractivity contribution in [3.8, 4) is 0 Å². The van der Waals surface area contributed by atoms with E-state index in [1.165, 1.54) is 6.07 Å². The zero-order chi connectivity index (χ0) is 13.8. The summed E-state index contributed by atoms with van der Waals surface area (Å²) in [5, 5.41) is 0. The predicted octanol–water partition coefficient (Wildman–Crippen LogP) is 0.949. The molecule has 1 fully saturated rings. The second-order valence-electron chi connectivity index (χ2n) is 4.91. The summed E-state index contributed by atoms with van der Waals surface area (Å²) in [5.41, 5.74) is 7.13. The molecule has 1 heterocycles. The van der Waals surface area contributed by atoms with Crippen molar-refractivity contribution < 1.29 is 9.18 Å². The van der Waals surface area contributed by atoms with E-state index < -0.39 is 0 Å². The first-order valence-corrected chi connectivity index (χ1v) is 6.55. The van der Waals surface area contributed by atoms with E-state index in [4.69, 9.17) is 5.73 Å². The second-order valence-corrected chi connectivity index (χ2v) is 4.91. The van der Waals surface area contributed by atoms with Crippen molar-refractivity contribution in [3.05, 3.63) is 35.1 Å². The summed E-state index contributed by atoms with van der Waals surface area (Å²) in [7, 11) is 0. The van der Waals surface area contributed by atoms with E-state index in [0.29, 0.717) is 5.56 Å². The summed E-state index contributed by atoms with van der Waals surface area (Å²) in [4.78, 5) is 15.4. The van der Waals surface area contributed by atoms with Crippen molar-refractivity contribution in [3.63, 3.8) is 0 Å². The molecule has 1 saturated heterocycles. The Hall–Kier alpha value is -1.46. The third-order valence-electron chi connectivity index (χ3n) is 3.55. The smallest absolute Gasteiger partial charge is 0.219 e. The molecular formula is C14H20FN3O. The van der Waals surface area contributed by atoms with Crippen molar-refractivity contribution >= 4 is 5.91 Å². The lowest BCUT2D eigenvalue weighted by Crippen LogP contribution is -2.47. The highest BCUT2D eigenvalue weighted by Gasteiger charge is 2.18. The van der Waals surface area contributed by atoms with Crippen LogP contribution in [0.25, 0.3) is 0 Å². The van der Waals surface area contributed by atoms with Crippen LogP contribution in [0, 0.1) is 5.82 Å². The van der Waals surface area contributed by atoms with E-state index in [9.17, 15) is 9.18 Å². The number of nitrogens with two attached hydrogens (primary N) is 1. The topological polar surface area (TPSA) is 49.6 Å². The van der Waals surface area contributed by atoms with Gasteiger partial charge in [-0.1, -0.05) is 12.1 Å². The number of rotatable bonds is 3. The minimum Gasteiger partial charge on any atom is -0.340 e. The van der Waals surface area contributed by atoms with Crippen molar-refractivity contribution in [2.45, 2.75) is 20.0 Å². The zero-order valence-corrected chi connectivity index (χ0v) is 11.2. The van der Waals surface area contributed by atoms with Crippen LogP contribution in [0.1, 0.15) is 18.1 Å². The molecule has 2 N–H and O–H groups in total. The van der Waals surface area contributed by atoms with Gasteiger partial charge < -0.3 is 10.6 Å². The van der Waals surface area contributed by atoms with Crippen LogP contribution in [-0.2, 0) is 17.9 Å². The summed E-state index contributed by atoms with van der Waals surface area (Å²) >= 11 is 0. The van der Waals surface area contributed by atoms with Crippen LogP contribution in [0.4, 0.5) is 4.39 Å². The first kappa shape index (κ1) is 14.0. The lowest BCUT2D eigenvalue weighted by atomic mass is 10.1. The molecule has 0 spiro atoms. The fourth-order valence-electron chi connectivity index (χ4n) is 2.36. The monoisotopic (exact) mass is 265 g/mol. The first-order valence-electron chi connectivity index (χ1n) is 6.55. The lowest BCUT2D eigenvalue weighted by molar-refractivity contribution is -0.130. The van der Waals surface area contributed by atoms with Crippen molar-refractivity contribution in [1.82, 2.24) is 9.80 Å². The molecular weight excluding hydrogens is 245 g/mol. The highest BCUT2D eigenvalue weighted by Crippen LogP contribution is 2.13. The highest BCUT2D eigenvalue weighted by molar-refractivity contribution is 5.73. The van der Waals surface area contributed by atoms with Gasteiger partial charge in [0.05, 0.1) is 0 Å². The Bertz CT molecular complexity index is 456. The number of hydrogen-bond acceptors (Lipinski definition) is 3. The van der Waals surface area contributed by atoms with Gasteiger partial charge in [0.25, 0.3) is 0 Å². The van der Waals surface area contributed by atoms with Gasteiger partial charge in [0, 0.05) is 51.8 Å². The quantitative estimate of drug-likeness (QED) is 0.885. The fourth-order valence-corrected chi connectivity index (χ4v) is 2.36. The molecule has 4 nitrogen and oxygen atoms in total. The van der Waals surface area contributed by atoms with E-state index in [-0.39, 0.29) is 18.3 Å². The fraction of sp³-hybridized carbons (Fsp3) is 0.500. The van der Waals surface area contributed by atoms with Gasteiger partial charge in [-0.2, -0.15) is 0 Å². The Morgan fingerprint density at radius 1 is 1.32 bits per heavy atom. The van der Waals surface area contributed by atoms with Crippen molar-refractivity contribution in [2.24, 2.45) is 5.73 Å². The molecule has 0 bridgehead atoms. The van der Waals surface area contributed by atoms with Gasteiger partial charge in [0.2, 0.25) is 5.91 Å². The normalized spacial score (nSPS) is 16.7. The number of carbonyl (C=O) groups is 1. The molecule has 0 aromatic heterocycles. The van der Waals surface area contributed by atoms with Crippen LogP contribution >= 0.6 is 0 Å². The molecule has 1 amide bonds.